The molecule has 0 atom stereocenters. The highest BCUT2D eigenvalue weighted by Gasteiger charge is 2.14. The lowest BCUT2D eigenvalue weighted by Gasteiger charge is -2.10. The van der Waals surface area contributed by atoms with Crippen LogP contribution in [-0.4, -0.2) is 23.1 Å². The van der Waals surface area contributed by atoms with Crippen molar-refractivity contribution >= 4 is 34.8 Å². The van der Waals surface area contributed by atoms with E-state index in [1.807, 2.05) is 0 Å². The zero-order chi connectivity index (χ0) is 14.7. The number of hydrogen-bond acceptors (Lipinski definition) is 4. The molecule has 0 aliphatic rings. The number of hydrogen-bond donors (Lipinski definition) is 2. The van der Waals surface area contributed by atoms with Crippen molar-refractivity contribution < 1.29 is 14.6 Å². The summed E-state index contributed by atoms with van der Waals surface area (Å²) in [6.45, 7) is 0. The Bertz CT molecular complexity index is 639. The fourth-order valence-electron chi connectivity index (χ4n) is 1.57. The molecular weight excluding hydrogens is 303 g/mol. The molecule has 2 aromatic rings. The van der Waals surface area contributed by atoms with Crippen LogP contribution in [0.1, 0.15) is 10.4 Å². The normalized spacial score (nSPS) is 10.2. The van der Waals surface area contributed by atoms with Crippen molar-refractivity contribution in [2.45, 2.75) is 0 Å². The van der Waals surface area contributed by atoms with Crippen molar-refractivity contribution in [2.24, 2.45) is 0 Å². The van der Waals surface area contributed by atoms with Gasteiger partial charge in [-0.1, -0.05) is 23.2 Å². The van der Waals surface area contributed by atoms with Gasteiger partial charge < -0.3 is 15.2 Å². The summed E-state index contributed by atoms with van der Waals surface area (Å²) >= 11 is 11.6. The molecule has 0 fully saturated rings. The topological polar surface area (TPSA) is 71.5 Å². The second-order valence-corrected chi connectivity index (χ2v) is 4.63. The molecule has 104 valence electrons. The minimum atomic E-state index is -0.401. The lowest BCUT2D eigenvalue weighted by Crippen LogP contribution is -2.13. The number of benzene rings is 1. The van der Waals surface area contributed by atoms with Crippen molar-refractivity contribution in [2.75, 3.05) is 12.4 Å². The minimum absolute atomic E-state index is 0.0505. The summed E-state index contributed by atoms with van der Waals surface area (Å²) in [4.78, 5) is 16.0. The number of pyridine rings is 1. The van der Waals surface area contributed by atoms with Gasteiger partial charge in [0.15, 0.2) is 5.75 Å². The summed E-state index contributed by atoms with van der Waals surface area (Å²) in [5, 5.41) is 12.2. The molecule has 1 aromatic carbocycles. The van der Waals surface area contributed by atoms with Gasteiger partial charge in [0, 0.05) is 11.9 Å². The molecule has 0 aliphatic heterocycles. The Morgan fingerprint density at radius 3 is 2.60 bits per heavy atom. The fraction of sp³-hybridized carbons (Fsp3) is 0.0769. The molecule has 0 bridgehead atoms. The van der Waals surface area contributed by atoms with Crippen LogP contribution in [0.4, 0.5) is 5.69 Å². The number of rotatable bonds is 3. The van der Waals surface area contributed by atoms with Gasteiger partial charge in [-0.25, -0.2) is 0 Å². The summed E-state index contributed by atoms with van der Waals surface area (Å²) in [5.41, 5.74) is 0.685. The molecule has 0 spiro atoms. The van der Waals surface area contributed by atoms with E-state index in [0.29, 0.717) is 17.0 Å². The summed E-state index contributed by atoms with van der Waals surface area (Å²) in [6, 6.07) is 4.32. The van der Waals surface area contributed by atoms with Crippen LogP contribution in [0.2, 0.25) is 10.0 Å². The van der Waals surface area contributed by atoms with Crippen LogP contribution in [0.3, 0.4) is 0 Å². The van der Waals surface area contributed by atoms with Gasteiger partial charge in [0.25, 0.3) is 5.91 Å². The number of methoxy groups -OCH3 is 1. The molecule has 0 aliphatic carbocycles. The third-order valence-electron chi connectivity index (χ3n) is 2.52. The van der Waals surface area contributed by atoms with E-state index in [4.69, 9.17) is 27.9 Å². The maximum Gasteiger partial charge on any atom is 0.259 e. The van der Waals surface area contributed by atoms with Gasteiger partial charge in [-0.05, 0) is 18.2 Å². The van der Waals surface area contributed by atoms with E-state index in [0.717, 1.165) is 0 Å². The van der Waals surface area contributed by atoms with Crippen LogP contribution in [0.25, 0.3) is 0 Å². The summed E-state index contributed by atoms with van der Waals surface area (Å²) < 4.78 is 5.06. The van der Waals surface area contributed by atoms with Crippen molar-refractivity contribution in [3.63, 3.8) is 0 Å². The SMILES string of the molecule is COc1cnccc1C(=O)Nc1cc(Cl)c(O)c(Cl)c1. The van der Waals surface area contributed by atoms with Gasteiger partial charge in [-0.3, -0.25) is 9.78 Å². The van der Waals surface area contributed by atoms with Crippen LogP contribution in [0.15, 0.2) is 30.6 Å². The number of aromatic nitrogens is 1. The van der Waals surface area contributed by atoms with E-state index < -0.39 is 5.91 Å². The number of halogens is 2. The number of carbonyl (C=O) groups excluding carboxylic acids is 1. The smallest absolute Gasteiger partial charge is 0.259 e. The van der Waals surface area contributed by atoms with E-state index in [1.54, 1.807) is 0 Å². The predicted octanol–water partition coefficient (Wildman–Crippen LogP) is 3.35. The molecule has 2 rings (SSSR count). The van der Waals surface area contributed by atoms with Gasteiger partial charge in [-0.2, -0.15) is 0 Å². The lowest BCUT2D eigenvalue weighted by atomic mass is 10.2. The lowest BCUT2D eigenvalue weighted by molar-refractivity contribution is 0.102. The van der Waals surface area contributed by atoms with Crippen LogP contribution in [0, 0.1) is 0 Å². The molecule has 0 saturated heterocycles. The molecule has 1 heterocycles. The Hall–Kier alpha value is -1.98. The monoisotopic (exact) mass is 312 g/mol. The second kappa shape index (κ2) is 5.98. The van der Waals surface area contributed by atoms with E-state index in [-0.39, 0.29) is 15.8 Å². The van der Waals surface area contributed by atoms with Crippen LogP contribution < -0.4 is 10.1 Å². The number of amides is 1. The molecular formula is C13H10Cl2N2O3. The van der Waals surface area contributed by atoms with Crippen LogP contribution in [-0.2, 0) is 0 Å². The van der Waals surface area contributed by atoms with Crippen molar-refractivity contribution in [3.05, 3.63) is 46.2 Å². The number of ether oxygens (including phenoxy) is 1. The van der Waals surface area contributed by atoms with Gasteiger partial charge in [0.05, 0.1) is 28.9 Å². The molecule has 1 aromatic heterocycles. The highest BCUT2D eigenvalue weighted by molar-refractivity contribution is 6.37. The maximum atomic E-state index is 12.1. The number of nitrogens with zero attached hydrogens (tertiary/aromatic N) is 1. The largest absolute Gasteiger partial charge is 0.505 e. The molecule has 5 nitrogen and oxygen atoms in total. The first-order valence-electron chi connectivity index (χ1n) is 5.50. The number of nitrogens with one attached hydrogen (secondary N) is 1. The quantitative estimate of drug-likeness (QED) is 0.852. The Morgan fingerprint density at radius 1 is 1.35 bits per heavy atom. The van der Waals surface area contributed by atoms with Gasteiger partial charge >= 0.3 is 0 Å². The molecule has 7 heteroatoms. The fourth-order valence-corrected chi connectivity index (χ4v) is 2.05. The third kappa shape index (κ3) is 2.95. The zero-order valence-corrected chi connectivity index (χ0v) is 11.9. The van der Waals surface area contributed by atoms with E-state index >= 15 is 0 Å². The summed E-state index contributed by atoms with van der Waals surface area (Å²) in [7, 11) is 1.45. The first-order chi connectivity index (χ1) is 9.52. The Labute approximate surface area is 125 Å². The van der Waals surface area contributed by atoms with E-state index in [1.165, 1.54) is 37.7 Å². The number of carbonyl (C=O) groups is 1. The Kier molecular flexibility index (Phi) is 4.32. The molecule has 1 amide bonds. The molecule has 0 unspecified atom stereocenters. The third-order valence-corrected chi connectivity index (χ3v) is 3.10. The average Bonchev–Trinajstić information content (AvgIpc) is 2.44. The number of anilines is 1. The zero-order valence-electron chi connectivity index (χ0n) is 10.4. The number of aromatic hydroxyl groups is 1. The van der Waals surface area contributed by atoms with Crippen LogP contribution in [0.5, 0.6) is 11.5 Å². The molecule has 0 saturated carbocycles. The standard InChI is InChI=1S/C13H10Cl2N2O3/c1-20-11-6-16-3-2-8(11)13(19)17-7-4-9(14)12(18)10(15)5-7/h2-6,18H,1H3,(H,17,19). The molecule has 0 radical (unpaired) electrons. The first-order valence-corrected chi connectivity index (χ1v) is 6.26. The average molecular weight is 313 g/mol. The predicted molar refractivity (Wildman–Crippen MR) is 76.9 cm³/mol. The maximum absolute atomic E-state index is 12.1. The Morgan fingerprint density at radius 2 is 2.00 bits per heavy atom. The van der Waals surface area contributed by atoms with Gasteiger partial charge in [0.1, 0.15) is 5.75 Å². The highest BCUT2D eigenvalue weighted by Crippen LogP contribution is 2.34. The number of phenolic OH excluding ortho intramolecular Hbond substituents is 1. The second-order valence-electron chi connectivity index (χ2n) is 3.82. The molecule has 20 heavy (non-hydrogen) atoms. The summed E-state index contributed by atoms with van der Waals surface area (Å²) in [6.07, 6.45) is 2.92. The van der Waals surface area contributed by atoms with E-state index in [2.05, 4.69) is 10.3 Å². The molecule has 2 N–H and O–H groups in total. The number of phenols is 1. The highest BCUT2D eigenvalue weighted by atomic mass is 35.5. The van der Waals surface area contributed by atoms with E-state index in [9.17, 15) is 9.90 Å². The Balaban J connectivity index is 2.28. The van der Waals surface area contributed by atoms with Crippen molar-refractivity contribution in [1.82, 2.24) is 4.98 Å². The van der Waals surface area contributed by atoms with Gasteiger partial charge in [-0.15, -0.1) is 0 Å². The van der Waals surface area contributed by atoms with Gasteiger partial charge in [0.2, 0.25) is 0 Å². The minimum Gasteiger partial charge on any atom is -0.505 e. The first kappa shape index (κ1) is 14.4. The summed E-state index contributed by atoms with van der Waals surface area (Å²) in [5.74, 6) is -0.282. The van der Waals surface area contributed by atoms with Crippen LogP contribution >= 0.6 is 23.2 Å². The van der Waals surface area contributed by atoms with Crippen molar-refractivity contribution in [3.8, 4) is 11.5 Å². The van der Waals surface area contributed by atoms with Crippen molar-refractivity contribution in [1.29, 1.82) is 0 Å².